The predicted molar refractivity (Wildman–Crippen MR) is 67.3 cm³/mol. The lowest BCUT2D eigenvalue weighted by molar-refractivity contribution is -0.141. The molecule has 0 aliphatic rings. The lowest BCUT2D eigenvalue weighted by Gasteiger charge is -2.08. The molecule has 96 valence electrons. The Balaban J connectivity index is 2.50. The summed E-state index contributed by atoms with van der Waals surface area (Å²) in [4.78, 5) is 11.0. The Hall–Kier alpha value is -1.58. The van der Waals surface area contributed by atoms with Crippen LogP contribution in [-0.2, 0) is 15.3 Å². The Labute approximate surface area is 109 Å². The molecule has 4 nitrogen and oxygen atoms in total. The van der Waals surface area contributed by atoms with E-state index in [2.05, 4.69) is 4.74 Å². The van der Waals surface area contributed by atoms with Crippen molar-refractivity contribution in [2.75, 3.05) is 12.9 Å². The number of hydrogen-bond acceptors (Lipinski definition) is 5. The monoisotopic (exact) mass is 268 g/mol. The number of rotatable bonds is 5. The maximum absolute atomic E-state index is 13.1. The molecule has 0 saturated heterocycles. The van der Waals surface area contributed by atoms with Crippen molar-refractivity contribution in [3.63, 3.8) is 0 Å². The van der Waals surface area contributed by atoms with Gasteiger partial charge in [0.25, 0.3) is 0 Å². The predicted octanol–water partition coefficient (Wildman–Crippen LogP) is 1.43. The molecule has 0 heterocycles. The number of ether oxygens (including phenoxy) is 1. The number of methoxy groups -OCH3 is 1. The molecule has 0 saturated carbocycles. The van der Waals surface area contributed by atoms with E-state index in [1.807, 2.05) is 0 Å². The lowest BCUT2D eigenvalue weighted by Crippen LogP contribution is -2.33. The number of halogens is 1. The van der Waals surface area contributed by atoms with Gasteiger partial charge in [0.05, 0.1) is 12.7 Å². The molecule has 6 heteroatoms. The topological polar surface area (TPSA) is 76.1 Å². The third-order valence-electron chi connectivity index (χ3n) is 2.22. The number of benzene rings is 1. The van der Waals surface area contributed by atoms with Crippen molar-refractivity contribution in [3.8, 4) is 6.07 Å². The molecule has 0 aromatic heterocycles. The lowest BCUT2D eigenvalue weighted by atomic mass is 10.1. The van der Waals surface area contributed by atoms with Crippen LogP contribution in [0.15, 0.2) is 18.2 Å². The van der Waals surface area contributed by atoms with Crippen LogP contribution in [0, 0.1) is 17.1 Å². The highest BCUT2D eigenvalue weighted by atomic mass is 32.2. The number of hydrogen-bond donors (Lipinski definition) is 1. The second-order valence-corrected chi connectivity index (χ2v) is 4.60. The van der Waals surface area contributed by atoms with E-state index in [0.29, 0.717) is 11.5 Å². The number of esters is 1. The van der Waals surface area contributed by atoms with Crippen LogP contribution in [0.4, 0.5) is 4.39 Å². The van der Waals surface area contributed by atoms with Gasteiger partial charge in [0, 0.05) is 11.5 Å². The van der Waals surface area contributed by atoms with E-state index in [1.165, 1.54) is 31.0 Å². The molecule has 0 amide bonds. The molecule has 1 unspecified atom stereocenters. The fourth-order valence-electron chi connectivity index (χ4n) is 1.27. The second kappa shape index (κ2) is 6.99. The molecule has 0 fully saturated rings. The van der Waals surface area contributed by atoms with E-state index in [4.69, 9.17) is 11.0 Å². The van der Waals surface area contributed by atoms with Crippen molar-refractivity contribution >= 4 is 17.7 Å². The van der Waals surface area contributed by atoms with Gasteiger partial charge in [0.15, 0.2) is 0 Å². The van der Waals surface area contributed by atoms with E-state index >= 15 is 0 Å². The van der Waals surface area contributed by atoms with Crippen molar-refractivity contribution in [1.29, 1.82) is 5.26 Å². The summed E-state index contributed by atoms with van der Waals surface area (Å²) in [5, 5.41) is 8.68. The summed E-state index contributed by atoms with van der Waals surface area (Å²) in [7, 11) is 1.28. The van der Waals surface area contributed by atoms with Crippen LogP contribution < -0.4 is 5.73 Å². The molecule has 2 N–H and O–H groups in total. The number of thioether (sulfide) groups is 1. The molecular weight excluding hydrogens is 255 g/mol. The van der Waals surface area contributed by atoms with E-state index in [1.54, 1.807) is 12.1 Å². The van der Waals surface area contributed by atoms with Crippen molar-refractivity contribution < 1.29 is 13.9 Å². The molecule has 0 aliphatic carbocycles. The Morgan fingerprint density at radius 1 is 1.67 bits per heavy atom. The van der Waals surface area contributed by atoms with Crippen molar-refractivity contribution in [2.45, 2.75) is 11.8 Å². The largest absolute Gasteiger partial charge is 0.468 e. The van der Waals surface area contributed by atoms with Gasteiger partial charge in [-0.15, -0.1) is 0 Å². The van der Waals surface area contributed by atoms with Crippen LogP contribution >= 0.6 is 11.8 Å². The van der Waals surface area contributed by atoms with Gasteiger partial charge in [-0.25, -0.2) is 4.39 Å². The summed E-state index contributed by atoms with van der Waals surface area (Å²) in [6.07, 6.45) is 0. The average Bonchev–Trinajstić information content (AvgIpc) is 2.39. The maximum atomic E-state index is 13.1. The van der Waals surface area contributed by atoms with Crippen molar-refractivity contribution in [1.82, 2.24) is 0 Å². The summed E-state index contributed by atoms with van der Waals surface area (Å²) < 4.78 is 17.6. The molecule has 0 aliphatic heterocycles. The van der Waals surface area contributed by atoms with Gasteiger partial charge >= 0.3 is 5.97 Å². The van der Waals surface area contributed by atoms with Gasteiger partial charge in [-0.3, -0.25) is 4.79 Å². The minimum Gasteiger partial charge on any atom is -0.468 e. The van der Waals surface area contributed by atoms with Crippen LogP contribution in [0.25, 0.3) is 0 Å². The van der Waals surface area contributed by atoms with Crippen LogP contribution in [0.1, 0.15) is 11.1 Å². The second-order valence-electron chi connectivity index (χ2n) is 3.57. The number of carbonyl (C=O) groups is 1. The highest BCUT2D eigenvalue weighted by molar-refractivity contribution is 7.98. The summed E-state index contributed by atoms with van der Waals surface area (Å²) >= 11 is 1.43. The normalized spacial score (nSPS) is 11.7. The van der Waals surface area contributed by atoms with Crippen molar-refractivity contribution in [3.05, 3.63) is 35.1 Å². The SMILES string of the molecule is COC(=O)C(N)CSCc1ccc(F)c(C#N)c1. The number of nitrogens with zero attached hydrogens (tertiary/aromatic N) is 1. The zero-order chi connectivity index (χ0) is 13.5. The first-order valence-electron chi connectivity index (χ1n) is 5.18. The Kier molecular flexibility index (Phi) is 5.62. The summed E-state index contributed by atoms with van der Waals surface area (Å²) in [6, 6.07) is 5.46. The zero-order valence-electron chi connectivity index (χ0n) is 9.85. The molecule has 1 aromatic carbocycles. The molecule has 1 rings (SSSR count). The first-order chi connectivity index (χ1) is 8.58. The molecular formula is C12H13FN2O2S. The molecule has 1 aromatic rings. The Morgan fingerprint density at radius 2 is 2.39 bits per heavy atom. The minimum atomic E-state index is -0.670. The minimum absolute atomic E-state index is 0.0189. The third-order valence-corrected chi connectivity index (χ3v) is 3.35. The van der Waals surface area contributed by atoms with Gasteiger partial charge in [-0.05, 0) is 17.7 Å². The molecule has 18 heavy (non-hydrogen) atoms. The average molecular weight is 268 g/mol. The van der Waals surface area contributed by atoms with E-state index in [9.17, 15) is 9.18 Å². The maximum Gasteiger partial charge on any atom is 0.323 e. The van der Waals surface area contributed by atoms with E-state index < -0.39 is 17.8 Å². The number of nitriles is 1. The molecule has 0 spiro atoms. The summed E-state index contributed by atoms with van der Waals surface area (Å²) in [5.41, 5.74) is 6.40. The van der Waals surface area contributed by atoms with E-state index in [0.717, 1.165) is 5.56 Å². The number of nitrogens with two attached hydrogens (primary N) is 1. The van der Waals surface area contributed by atoms with Gasteiger partial charge in [0.2, 0.25) is 0 Å². The highest BCUT2D eigenvalue weighted by Crippen LogP contribution is 2.16. The summed E-state index contributed by atoms with van der Waals surface area (Å²) in [6.45, 7) is 0. The van der Waals surface area contributed by atoms with Gasteiger partial charge in [0.1, 0.15) is 17.9 Å². The molecule has 0 radical (unpaired) electrons. The van der Waals surface area contributed by atoms with Crippen LogP contribution in [0.2, 0.25) is 0 Å². The van der Waals surface area contributed by atoms with Crippen molar-refractivity contribution in [2.24, 2.45) is 5.73 Å². The molecule has 1 atom stereocenters. The fraction of sp³-hybridized carbons (Fsp3) is 0.333. The first kappa shape index (κ1) is 14.5. The number of carbonyl (C=O) groups excluding carboxylic acids is 1. The van der Waals surface area contributed by atoms with Crippen LogP contribution in [0.3, 0.4) is 0 Å². The zero-order valence-corrected chi connectivity index (χ0v) is 10.7. The summed E-state index contributed by atoms with van der Waals surface area (Å²) in [5.74, 6) is -0.0252. The van der Waals surface area contributed by atoms with Gasteiger partial charge < -0.3 is 10.5 Å². The Morgan fingerprint density at radius 3 is 3.00 bits per heavy atom. The van der Waals surface area contributed by atoms with Crippen LogP contribution in [-0.4, -0.2) is 24.9 Å². The highest BCUT2D eigenvalue weighted by Gasteiger charge is 2.13. The standard InChI is InChI=1S/C12H13FN2O2S/c1-17-12(16)11(15)7-18-6-8-2-3-10(13)9(4-8)5-14/h2-4,11H,6-7,15H2,1H3. The smallest absolute Gasteiger partial charge is 0.323 e. The van der Waals surface area contributed by atoms with E-state index in [-0.39, 0.29) is 5.56 Å². The third kappa shape index (κ3) is 4.02. The fourth-order valence-corrected chi connectivity index (χ4v) is 2.19. The van der Waals surface area contributed by atoms with Gasteiger partial charge in [-0.2, -0.15) is 17.0 Å². The first-order valence-corrected chi connectivity index (χ1v) is 6.33. The van der Waals surface area contributed by atoms with Gasteiger partial charge in [-0.1, -0.05) is 6.07 Å². The quantitative estimate of drug-likeness (QED) is 0.817. The van der Waals surface area contributed by atoms with Crippen LogP contribution in [0.5, 0.6) is 0 Å². The molecule has 0 bridgehead atoms. The Bertz CT molecular complexity index is 474.